The molecule has 1 amide bonds. The topological polar surface area (TPSA) is 75.6 Å². The van der Waals surface area contributed by atoms with Crippen LogP contribution < -0.4 is 5.32 Å². The molecule has 1 aliphatic carbocycles. The number of hydrogen-bond acceptors (Lipinski definition) is 3. The smallest absolute Gasteiger partial charge is 0.319 e. The fraction of sp³-hybridized carbons (Fsp3) is 0.846. The fourth-order valence-electron chi connectivity index (χ4n) is 2.02. The number of nitrogens with one attached hydrogen (secondary N) is 1. The van der Waals surface area contributed by atoms with Gasteiger partial charge in [0.1, 0.15) is 5.41 Å². The zero-order chi connectivity index (χ0) is 13.8. The molecule has 0 aromatic rings. The molecule has 1 fully saturated rings. The van der Waals surface area contributed by atoms with Crippen molar-refractivity contribution in [1.82, 2.24) is 5.32 Å². The molecule has 1 unspecified atom stereocenters. The van der Waals surface area contributed by atoms with Gasteiger partial charge in [0.2, 0.25) is 5.91 Å². The molecule has 0 aromatic carbocycles. The Bertz CT molecular complexity index is 310. The van der Waals surface area contributed by atoms with E-state index >= 15 is 0 Å². The first-order valence-electron chi connectivity index (χ1n) is 6.56. The van der Waals surface area contributed by atoms with Crippen molar-refractivity contribution < 1.29 is 19.4 Å². The largest absolute Gasteiger partial charge is 0.480 e. The SMILES string of the molecule is CCOCC(NC(=O)C1(C(=O)O)CCC1)C(C)C. The molecule has 0 heterocycles. The minimum atomic E-state index is -1.20. The summed E-state index contributed by atoms with van der Waals surface area (Å²) in [4.78, 5) is 23.3. The summed E-state index contributed by atoms with van der Waals surface area (Å²) < 4.78 is 5.32. The van der Waals surface area contributed by atoms with E-state index in [0.29, 0.717) is 26.1 Å². The van der Waals surface area contributed by atoms with Crippen molar-refractivity contribution in [3.8, 4) is 0 Å². The predicted molar refractivity (Wildman–Crippen MR) is 67.2 cm³/mol. The van der Waals surface area contributed by atoms with Gasteiger partial charge in [0.25, 0.3) is 0 Å². The summed E-state index contributed by atoms with van der Waals surface area (Å²) in [5.74, 6) is -1.16. The van der Waals surface area contributed by atoms with Crippen LogP contribution in [0, 0.1) is 11.3 Å². The number of amides is 1. The second-order valence-electron chi connectivity index (χ2n) is 5.22. The lowest BCUT2D eigenvalue weighted by Gasteiger charge is -2.37. The highest BCUT2D eigenvalue weighted by Gasteiger charge is 2.51. The average molecular weight is 257 g/mol. The van der Waals surface area contributed by atoms with Crippen molar-refractivity contribution in [3.05, 3.63) is 0 Å². The van der Waals surface area contributed by atoms with Crippen LogP contribution in [0.4, 0.5) is 0 Å². The summed E-state index contributed by atoms with van der Waals surface area (Å²) in [5, 5.41) is 12.0. The molecule has 104 valence electrons. The van der Waals surface area contributed by atoms with Gasteiger partial charge >= 0.3 is 5.97 Å². The third-order valence-electron chi connectivity index (χ3n) is 3.67. The molecule has 1 saturated carbocycles. The van der Waals surface area contributed by atoms with Crippen LogP contribution in [0.15, 0.2) is 0 Å². The van der Waals surface area contributed by atoms with Crippen molar-refractivity contribution in [2.45, 2.75) is 46.1 Å². The highest BCUT2D eigenvalue weighted by Crippen LogP contribution is 2.41. The van der Waals surface area contributed by atoms with E-state index in [1.165, 1.54) is 0 Å². The molecule has 0 spiro atoms. The average Bonchev–Trinajstić information content (AvgIpc) is 2.21. The molecular weight excluding hydrogens is 234 g/mol. The van der Waals surface area contributed by atoms with E-state index < -0.39 is 11.4 Å². The zero-order valence-corrected chi connectivity index (χ0v) is 11.4. The Labute approximate surface area is 108 Å². The maximum absolute atomic E-state index is 12.1. The summed E-state index contributed by atoms with van der Waals surface area (Å²) in [6.07, 6.45) is 1.68. The molecule has 5 nitrogen and oxygen atoms in total. The van der Waals surface area contributed by atoms with E-state index in [1.807, 2.05) is 20.8 Å². The van der Waals surface area contributed by atoms with Crippen molar-refractivity contribution in [3.63, 3.8) is 0 Å². The minimum absolute atomic E-state index is 0.130. The number of carboxylic acid groups (broad SMARTS) is 1. The Hall–Kier alpha value is -1.10. The van der Waals surface area contributed by atoms with Crippen LogP contribution >= 0.6 is 0 Å². The van der Waals surface area contributed by atoms with Crippen molar-refractivity contribution in [2.24, 2.45) is 11.3 Å². The molecule has 1 atom stereocenters. The summed E-state index contributed by atoms with van der Waals surface area (Å²) in [7, 11) is 0. The number of ether oxygens (including phenoxy) is 1. The number of carboxylic acids is 1. The molecule has 5 heteroatoms. The minimum Gasteiger partial charge on any atom is -0.480 e. The van der Waals surface area contributed by atoms with E-state index in [-0.39, 0.29) is 17.9 Å². The van der Waals surface area contributed by atoms with Crippen LogP contribution in [0.3, 0.4) is 0 Å². The van der Waals surface area contributed by atoms with E-state index in [4.69, 9.17) is 4.74 Å². The highest BCUT2D eigenvalue weighted by atomic mass is 16.5. The first-order chi connectivity index (χ1) is 8.44. The Morgan fingerprint density at radius 3 is 2.33 bits per heavy atom. The number of carbonyl (C=O) groups excluding carboxylic acids is 1. The van der Waals surface area contributed by atoms with E-state index in [1.54, 1.807) is 0 Å². The van der Waals surface area contributed by atoms with Crippen LogP contribution in [-0.2, 0) is 14.3 Å². The summed E-state index contributed by atoms with van der Waals surface area (Å²) >= 11 is 0. The number of aliphatic carboxylic acids is 1. The van der Waals surface area contributed by atoms with Gasteiger partial charge in [0, 0.05) is 6.61 Å². The molecule has 18 heavy (non-hydrogen) atoms. The second-order valence-corrected chi connectivity index (χ2v) is 5.22. The molecule has 0 radical (unpaired) electrons. The van der Waals surface area contributed by atoms with Gasteiger partial charge in [-0.05, 0) is 25.7 Å². The molecule has 2 N–H and O–H groups in total. The maximum Gasteiger partial charge on any atom is 0.319 e. The van der Waals surface area contributed by atoms with Gasteiger partial charge in [0.05, 0.1) is 12.6 Å². The second kappa shape index (κ2) is 6.18. The standard InChI is InChI=1S/C13H23NO4/c1-4-18-8-10(9(2)3)14-11(15)13(12(16)17)6-5-7-13/h9-10H,4-8H2,1-3H3,(H,14,15)(H,16,17). The lowest BCUT2D eigenvalue weighted by atomic mass is 9.68. The van der Waals surface area contributed by atoms with Gasteiger partial charge in [-0.25, -0.2) is 0 Å². The quantitative estimate of drug-likeness (QED) is 0.676. The normalized spacial score (nSPS) is 19.1. The first kappa shape index (κ1) is 15.0. The van der Waals surface area contributed by atoms with Gasteiger partial charge in [-0.3, -0.25) is 9.59 Å². The molecule has 0 saturated heterocycles. The molecule has 1 rings (SSSR count). The van der Waals surface area contributed by atoms with Gasteiger partial charge in [-0.15, -0.1) is 0 Å². The fourth-order valence-corrected chi connectivity index (χ4v) is 2.02. The molecule has 0 bridgehead atoms. The summed E-state index contributed by atoms with van der Waals surface area (Å²) in [5.41, 5.74) is -1.20. The van der Waals surface area contributed by atoms with Crippen LogP contribution in [0.25, 0.3) is 0 Å². The van der Waals surface area contributed by atoms with E-state index in [2.05, 4.69) is 5.32 Å². The lowest BCUT2D eigenvalue weighted by Crippen LogP contribution is -2.55. The van der Waals surface area contributed by atoms with Gasteiger partial charge in [-0.1, -0.05) is 20.3 Å². The number of carbonyl (C=O) groups is 2. The number of rotatable bonds is 7. The monoisotopic (exact) mass is 257 g/mol. The van der Waals surface area contributed by atoms with Crippen molar-refractivity contribution in [2.75, 3.05) is 13.2 Å². The van der Waals surface area contributed by atoms with Crippen LogP contribution in [0.5, 0.6) is 0 Å². The van der Waals surface area contributed by atoms with Crippen LogP contribution in [-0.4, -0.2) is 36.2 Å². The molecule has 0 aliphatic heterocycles. The van der Waals surface area contributed by atoms with Crippen molar-refractivity contribution >= 4 is 11.9 Å². The lowest BCUT2D eigenvalue weighted by molar-refractivity contribution is -0.162. The summed E-state index contributed by atoms with van der Waals surface area (Å²) in [6, 6.07) is -0.130. The Morgan fingerprint density at radius 2 is 2.00 bits per heavy atom. The zero-order valence-electron chi connectivity index (χ0n) is 11.4. The van der Waals surface area contributed by atoms with Crippen LogP contribution in [0.2, 0.25) is 0 Å². The van der Waals surface area contributed by atoms with Crippen LogP contribution in [0.1, 0.15) is 40.0 Å². The van der Waals surface area contributed by atoms with Crippen molar-refractivity contribution in [1.29, 1.82) is 0 Å². The maximum atomic E-state index is 12.1. The summed E-state index contributed by atoms with van der Waals surface area (Å²) in [6.45, 7) is 6.87. The molecule has 1 aliphatic rings. The number of hydrogen-bond donors (Lipinski definition) is 2. The molecule has 0 aromatic heterocycles. The Morgan fingerprint density at radius 1 is 1.39 bits per heavy atom. The van der Waals surface area contributed by atoms with E-state index in [9.17, 15) is 14.7 Å². The highest BCUT2D eigenvalue weighted by molar-refractivity contribution is 6.02. The molecular formula is C13H23NO4. The Balaban J connectivity index is 2.63. The first-order valence-corrected chi connectivity index (χ1v) is 6.56. The van der Waals surface area contributed by atoms with Gasteiger partial charge < -0.3 is 15.2 Å². The predicted octanol–water partition coefficient (Wildman–Crippen LogP) is 1.42. The van der Waals surface area contributed by atoms with Gasteiger partial charge in [-0.2, -0.15) is 0 Å². The third kappa shape index (κ3) is 3.02. The Kier molecular flexibility index (Phi) is 5.14. The van der Waals surface area contributed by atoms with E-state index in [0.717, 1.165) is 6.42 Å². The third-order valence-corrected chi connectivity index (χ3v) is 3.67. The van der Waals surface area contributed by atoms with Gasteiger partial charge in [0.15, 0.2) is 0 Å².